The SMILES string of the molecule is CC[N+](CC)(CC)S(=O)(=O)ONC(=O)CC(C)=O. The number of nitrogens with zero attached hydrogens (tertiary/aromatic N) is 1. The van der Waals surface area contributed by atoms with Gasteiger partial charge in [0.25, 0.3) is 5.91 Å². The average Bonchev–Trinajstić information content (AvgIpc) is 2.28. The van der Waals surface area contributed by atoms with Crippen LogP contribution >= 0.6 is 0 Å². The number of nitrogens with one attached hydrogen (secondary N) is 1. The number of carbonyl (C=O) groups excluding carboxylic acids is 2. The van der Waals surface area contributed by atoms with Crippen molar-refractivity contribution in [2.75, 3.05) is 19.6 Å². The van der Waals surface area contributed by atoms with E-state index in [2.05, 4.69) is 4.28 Å². The third kappa shape index (κ3) is 4.04. The maximum Gasteiger partial charge on any atom is 0.456 e. The molecule has 0 aromatic heterocycles. The van der Waals surface area contributed by atoms with E-state index in [0.717, 1.165) is 0 Å². The van der Waals surface area contributed by atoms with Gasteiger partial charge < -0.3 is 0 Å². The van der Waals surface area contributed by atoms with E-state index in [4.69, 9.17) is 0 Å². The second-order valence-electron chi connectivity index (χ2n) is 3.92. The fraction of sp³-hybridized carbons (Fsp3) is 0.800. The van der Waals surface area contributed by atoms with Gasteiger partial charge in [-0.1, -0.05) is 0 Å². The van der Waals surface area contributed by atoms with Crippen LogP contribution in [0, 0.1) is 0 Å². The van der Waals surface area contributed by atoms with Crippen LogP contribution in [0.2, 0.25) is 0 Å². The Morgan fingerprint density at radius 3 is 1.89 bits per heavy atom. The molecular weight excluding hydrogens is 260 g/mol. The van der Waals surface area contributed by atoms with E-state index in [-0.39, 0.29) is 9.67 Å². The molecule has 0 aliphatic heterocycles. The summed E-state index contributed by atoms with van der Waals surface area (Å²) in [7, 11) is -3.97. The topological polar surface area (TPSA) is 89.5 Å². The van der Waals surface area contributed by atoms with Crippen LogP contribution in [0.4, 0.5) is 0 Å². The molecule has 0 heterocycles. The average molecular weight is 281 g/mol. The van der Waals surface area contributed by atoms with Crippen LogP contribution in [-0.2, 0) is 24.2 Å². The number of amides is 1. The lowest BCUT2D eigenvalue weighted by Gasteiger charge is -2.31. The largest absolute Gasteiger partial charge is 0.456 e. The van der Waals surface area contributed by atoms with Gasteiger partial charge in [-0.2, -0.15) is 3.89 Å². The Morgan fingerprint density at radius 1 is 1.11 bits per heavy atom. The number of rotatable bonds is 8. The summed E-state index contributed by atoms with van der Waals surface area (Å²) in [6, 6.07) is 0. The number of hydrogen-bond donors (Lipinski definition) is 1. The van der Waals surface area contributed by atoms with E-state index in [9.17, 15) is 18.0 Å². The molecule has 0 spiro atoms. The number of carbonyl (C=O) groups is 2. The predicted molar refractivity (Wildman–Crippen MR) is 65.3 cm³/mol. The predicted octanol–water partition coefficient (Wildman–Crippen LogP) is 0.135. The molecule has 0 unspecified atom stereocenters. The van der Waals surface area contributed by atoms with Crippen LogP contribution in [0.1, 0.15) is 34.1 Å². The zero-order chi connectivity index (χ0) is 14.4. The van der Waals surface area contributed by atoms with E-state index < -0.39 is 22.6 Å². The molecule has 0 bridgehead atoms. The van der Waals surface area contributed by atoms with Crippen LogP contribution in [0.15, 0.2) is 0 Å². The van der Waals surface area contributed by atoms with Gasteiger partial charge in [-0.15, -0.1) is 12.7 Å². The van der Waals surface area contributed by atoms with E-state index in [1.54, 1.807) is 26.3 Å². The van der Waals surface area contributed by atoms with Crippen LogP contribution in [0.3, 0.4) is 0 Å². The summed E-state index contributed by atoms with van der Waals surface area (Å²) in [5.41, 5.74) is 1.80. The van der Waals surface area contributed by atoms with Crippen LogP contribution in [0.25, 0.3) is 0 Å². The maximum atomic E-state index is 12.0. The number of Topliss-reactive ketones (excluding diaryl/α,β-unsaturated/α-hetero) is 1. The summed E-state index contributed by atoms with van der Waals surface area (Å²) in [5.74, 6) is -1.14. The fourth-order valence-corrected chi connectivity index (χ4v) is 2.89. The molecule has 0 aromatic carbocycles. The van der Waals surface area contributed by atoms with Crippen molar-refractivity contribution in [2.45, 2.75) is 34.1 Å². The van der Waals surface area contributed by atoms with E-state index in [0.29, 0.717) is 19.6 Å². The molecule has 8 heteroatoms. The van der Waals surface area contributed by atoms with Gasteiger partial charge in [-0.3, -0.25) is 9.59 Å². The monoisotopic (exact) mass is 281 g/mol. The summed E-state index contributed by atoms with van der Waals surface area (Å²) in [4.78, 5) is 21.8. The van der Waals surface area contributed by atoms with E-state index in [1.807, 2.05) is 0 Å². The summed E-state index contributed by atoms with van der Waals surface area (Å²) >= 11 is 0. The van der Waals surface area contributed by atoms with Crippen LogP contribution < -0.4 is 5.48 Å². The quantitative estimate of drug-likeness (QED) is 0.388. The number of hydroxylamine groups is 1. The fourth-order valence-electron chi connectivity index (χ4n) is 1.59. The Morgan fingerprint density at radius 2 is 1.56 bits per heavy atom. The van der Waals surface area contributed by atoms with Crippen molar-refractivity contribution in [1.82, 2.24) is 5.48 Å². The first kappa shape index (κ1) is 17.0. The number of quaternary nitrogens is 1. The molecule has 0 aromatic rings. The van der Waals surface area contributed by atoms with Crippen LogP contribution in [0.5, 0.6) is 0 Å². The molecule has 0 saturated carbocycles. The zero-order valence-corrected chi connectivity index (χ0v) is 12.0. The molecule has 106 valence electrons. The highest BCUT2D eigenvalue weighted by Crippen LogP contribution is 2.15. The summed E-state index contributed by atoms with van der Waals surface area (Å²) in [6.07, 6.45) is -0.403. The third-order valence-electron chi connectivity index (χ3n) is 2.87. The molecular formula is C10H21N2O5S+. The lowest BCUT2D eigenvalue weighted by Crippen LogP contribution is -2.54. The summed E-state index contributed by atoms with van der Waals surface area (Å²) in [6.45, 7) is 7.41. The van der Waals surface area contributed by atoms with Gasteiger partial charge in [0.1, 0.15) is 5.78 Å². The Labute approximate surface area is 108 Å². The lowest BCUT2D eigenvalue weighted by molar-refractivity contribution is -0.805. The van der Waals surface area contributed by atoms with Gasteiger partial charge in [0.15, 0.2) is 0 Å². The van der Waals surface area contributed by atoms with Crippen molar-refractivity contribution in [2.24, 2.45) is 0 Å². The van der Waals surface area contributed by atoms with Gasteiger partial charge >= 0.3 is 10.3 Å². The molecule has 7 nitrogen and oxygen atoms in total. The van der Waals surface area contributed by atoms with Gasteiger partial charge in [-0.05, 0) is 27.7 Å². The van der Waals surface area contributed by atoms with E-state index >= 15 is 0 Å². The minimum atomic E-state index is -3.97. The molecule has 0 fully saturated rings. The minimum Gasteiger partial charge on any atom is -0.299 e. The van der Waals surface area contributed by atoms with Gasteiger partial charge in [-0.25, -0.2) is 5.48 Å². The molecule has 0 radical (unpaired) electrons. The summed E-state index contributed by atoms with van der Waals surface area (Å²) < 4.78 is 28.2. The molecule has 18 heavy (non-hydrogen) atoms. The van der Waals surface area contributed by atoms with Gasteiger partial charge in [0.2, 0.25) is 0 Å². The highest BCUT2D eigenvalue weighted by atomic mass is 32.2. The van der Waals surface area contributed by atoms with Gasteiger partial charge in [0, 0.05) is 0 Å². The molecule has 0 aliphatic rings. The maximum absolute atomic E-state index is 12.0. The molecule has 1 N–H and O–H groups in total. The smallest absolute Gasteiger partial charge is 0.299 e. The second-order valence-corrected chi connectivity index (χ2v) is 5.72. The lowest BCUT2D eigenvalue weighted by atomic mass is 10.3. The van der Waals surface area contributed by atoms with Crippen molar-refractivity contribution in [1.29, 1.82) is 0 Å². The Bertz CT molecular complexity index is 392. The first-order valence-corrected chi connectivity index (χ1v) is 7.19. The molecule has 1 amide bonds. The minimum absolute atomic E-state index is 0.284. The van der Waals surface area contributed by atoms with Crippen molar-refractivity contribution in [3.05, 3.63) is 0 Å². The Kier molecular flexibility index (Phi) is 6.44. The van der Waals surface area contributed by atoms with E-state index in [1.165, 1.54) is 6.92 Å². The van der Waals surface area contributed by atoms with Crippen molar-refractivity contribution in [3.8, 4) is 0 Å². The first-order valence-electron chi connectivity index (χ1n) is 5.82. The molecule has 0 atom stereocenters. The van der Waals surface area contributed by atoms with Gasteiger partial charge in [0.05, 0.1) is 26.1 Å². The van der Waals surface area contributed by atoms with Crippen molar-refractivity contribution >= 4 is 22.0 Å². The normalized spacial score (nSPS) is 12.2. The molecule has 0 aliphatic carbocycles. The highest BCUT2D eigenvalue weighted by Gasteiger charge is 2.39. The number of hydrogen-bond acceptors (Lipinski definition) is 5. The Hall–Kier alpha value is -0.990. The first-order chi connectivity index (χ1) is 8.24. The number of ketones is 1. The summed E-state index contributed by atoms with van der Waals surface area (Å²) in [5, 5.41) is 0. The van der Waals surface area contributed by atoms with Crippen LogP contribution in [-0.4, -0.2) is 43.6 Å². The van der Waals surface area contributed by atoms with Crippen molar-refractivity contribution < 1.29 is 26.2 Å². The zero-order valence-electron chi connectivity index (χ0n) is 11.2. The molecule has 0 rings (SSSR count). The molecule has 0 saturated heterocycles. The standard InChI is InChI=1S/C10H20N2O5S/c1-5-12(6-2,7-3)18(15,16)17-11-10(14)8-9(4)13/h5-8H2,1-4H3/p+1. The third-order valence-corrected chi connectivity index (χ3v) is 4.89. The second kappa shape index (κ2) is 6.81. The highest BCUT2D eigenvalue weighted by molar-refractivity contribution is 7.81. The Balaban J connectivity index is 4.75. The van der Waals surface area contributed by atoms with Crippen molar-refractivity contribution in [3.63, 3.8) is 0 Å².